The van der Waals surface area contributed by atoms with E-state index in [0.717, 1.165) is 25.7 Å². The van der Waals surface area contributed by atoms with Crippen LogP contribution in [0.5, 0.6) is 0 Å². The molecule has 3 saturated carbocycles. The third kappa shape index (κ3) is 18.6. The summed E-state index contributed by atoms with van der Waals surface area (Å²) in [7, 11) is 2.81. The molecule has 0 bridgehead atoms. The Kier molecular flexibility index (Phi) is 24.2. The highest BCUT2D eigenvalue weighted by Gasteiger charge is 2.54. The Morgan fingerprint density at radius 3 is 2.06 bits per heavy atom. The molecule has 0 aromatic heterocycles. The fourth-order valence-electron chi connectivity index (χ4n) is 10.1. The lowest BCUT2D eigenvalue weighted by molar-refractivity contribution is -0.147. The molecule has 9 N–H and O–H groups in total. The number of carbonyl (C=O) groups excluding carboxylic acids is 5. The number of rotatable bonds is 28. The Balaban J connectivity index is 1.26. The van der Waals surface area contributed by atoms with Crippen LogP contribution in [0.2, 0.25) is 0 Å². The van der Waals surface area contributed by atoms with Crippen LogP contribution in [0.15, 0.2) is 0 Å². The van der Waals surface area contributed by atoms with Gasteiger partial charge in [-0.05, 0) is 105 Å². The molecule has 3 aliphatic carbocycles. The summed E-state index contributed by atoms with van der Waals surface area (Å²) in [6, 6.07) is -1.36. The minimum Gasteiger partial charge on any atom is -0.481 e. The zero-order valence-corrected chi connectivity index (χ0v) is 39.4. The second-order valence-electron chi connectivity index (χ2n) is 18.7. The number of carboxylic acid groups (broad SMARTS) is 2. The molecule has 10 atom stereocenters. The molecule has 0 saturated heterocycles. The van der Waals surface area contributed by atoms with Crippen LogP contribution in [0.4, 0.5) is 0 Å². The molecule has 0 radical (unpaired) electrons. The molecule has 0 heterocycles. The van der Waals surface area contributed by atoms with Crippen molar-refractivity contribution in [3.8, 4) is 0 Å². The molecule has 3 fully saturated rings. The van der Waals surface area contributed by atoms with E-state index in [1.54, 1.807) is 0 Å². The number of hydrogen-bond acceptors (Lipinski definition) is 14. The smallest absolute Gasteiger partial charge is 0.326 e. The predicted molar refractivity (Wildman–Crippen MR) is 236 cm³/mol. The number of carbonyl (C=O) groups is 7. The van der Waals surface area contributed by atoms with Crippen LogP contribution in [0.1, 0.15) is 117 Å². The van der Waals surface area contributed by atoms with Gasteiger partial charge < -0.3 is 60.6 Å². The van der Waals surface area contributed by atoms with Crippen molar-refractivity contribution < 1.29 is 77.8 Å². The molecule has 5 amide bonds. The van der Waals surface area contributed by atoms with E-state index in [-0.39, 0.29) is 113 Å². The first-order chi connectivity index (χ1) is 31.3. The van der Waals surface area contributed by atoms with E-state index < -0.39 is 72.1 Å². The number of aliphatic carboxylic acids is 2. The normalized spacial score (nSPS) is 27.3. The van der Waals surface area contributed by atoms with Crippen LogP contribution >= 0.6 is 0 Å². The maximum absolute atomic E-state index is 12.6. The van der Waals surface area contributed by atoms with Gasteiger partial charge in [-0.15, -0.1) is 0 Å². The summed E-state index contributed by atoms with van der Waals surface area (Å²) in [6.45, 7) is 6.13. The van der Waals surface area contributed by atoms with Crippen LogP contribution in [0.25, 0.3) is 0 Å². The standard InChI is InChI=1S/C45H77N5O16/c1-28(6-13-41(58)59)33-8-7-29-22-31(51)23-30-24-32(14-16-44(30,2)17-15-35(52)45(29,33)3)66-50-38(55)12-11-36(53)46-18-19-64-20-21-65-27-40(57)49-34(43(60)61)9-10-37(54)47-25-39(56)48-26-42(62-4)63-5/h28-35,42,51-52H,6-27H2,1-5H3,(H,46,53)(H,47,54)(H,48,56)(H,49,57)(H,50,55)(H,58,59)(H,60,61). The number of methoxy groups -OCH3 is 2. The Bertz CT molecular complexity index is 1590. The minimum absolute atomic E-state index is 0.00247. The van der Waals surface area contributed by atoms with Crippen molar-refractivity contribution in [1.82, 2.24) is 26.7 Å². The highest BCUT2D eigenvalue weighted by atomic mass is 16.7. The summed E-state index contributed by atoms with van der Waals surface area (Å²) >= 11 is 0. The van der Waals surface area contributed by atoms with Gasteiger partial charge in [0.2, 0.25) is 29.5 Å². The van der Waals surface area contributed by atoms with Gasteiger partial charge in [-0.25, -0.2) is 10.3 Å². The maximum atomic E-state index is 12.6. The number of aliphatic hydroxyl groups is 2. The zero-order chi connectivity index (χ0) is 48.9. The molecule has 66 heavy (non-hydrogen) atoms. The van der Waals surface area contributed by atoms with Gasteiger partial charge in [-0.3, -0.25) is 33.6 Å². The Labute approximate surface area is 387 Å². The van der Waals surface area contributed by atoms with Crippen LogP contribution in [0, 0.1) is 34.5 Å². The van der Waals surface area contributed by atoms with E-state index in [1.165, 1.54) is 14.2 Å². The predicted octanol–water partition coefficient (Wildman–Crippen LogP) is 1.17. The molecule has 0 aromatic rings. The molecule has 0 aliphatic heterocycles. The summed E-state index contributed by atoms with van der Waals surface area (Å²) in [5.41, 5.74) is 1.98. The largest absolute Gasteiger partial charge is 0.481 e. The summed E-state index contributed by atoms with van der Waals surface area (Å²) in [6.07, 6.45) is 4.55. The number of fused-ring (bicyclic) bond motifs is 2. The van der Waals surface area contributed by atoms with E-state index in [9.17, 15) is 54.0 Å². The highest BCUT2D eigenvalue weighted by molar-refractivity contribution is 5.86. The zero-order valence-electron chi connectivity index (χ0n) is 39.4. The topological polar surface area (TPSA) is 307 Å². The second-order valence-corrected chi connectivity index (χ2v) is 18.7. The molecule has 3 aliphatic rings. The molecule has 10 unspecified atom stereocenters. The highest BCUT2D eigenvalue weighted by Crippen LogP contribution is 2.58. The number of hydrogen-bond donors (Lipinski definition) is 9. The third-order valence-corrected chi connectivity index (χ3v) is 14.2. The average Bonchev–Trinajstić information content (AvgIpc) is 3.61. The van der Waals surface area contributed by atoms with Crippen molar-refractivity contribution in [3.05, 3.63) is 0 Å². The molecule has 378 valence electrons. The first kappa shape index (κ1) is 56.3. The number of carboxylic acids is 2. The van der Waals surface area contributed by atoms with Crippen LogP contribution in [-0.4, -0.2) is 153 Å². The second kappa shape index (κ2) is 28.4. The third-order valence-electron chi connectivity index (χ3n) is 14.2. The number of aliphatic hydroxyl groups excluding tert-OH is 2. The van der Waals surface area contributed by atoms with Crippen LogP contribution < -0.4 is 26.7 Å². The molecule has 21 nitrogen and oxygen atoms in total. The Morgan fingerprint density at radius 1 is 0.697 bits per heavy atom. The molecule has 3 rings (SSSR count). The molecule has 0 spiro atoms. The maximum Gasteiger partial charge on any atom is 0.326 e. The molecule has 0 aromatic carbocycles. The van der Waals surface area contributed by atoms with E-state index in [1.807, 2.05) is 0 Å². The molecular formula is C45H77N5O16. The molecule has 21 heteroatoms. The minimum atomic E-state index is -1.36. The lowest BCUT2D eigenvalue weighted by Gasteiger charge is -2.50. The number of hydroxylamine groups is 1. The van der Waals surface area contributed by atoms with Crippen LogP contribution in [0.3, 0.4) is 0 Å². The van der Waals surface area contributed by atoms with Crippen molar-refractivity contribution in [1.29, 1.82) is 0 Å². The van der Waals surface area contributed by atoms with Gasteiger partial charge in [0, 0.05) is 46.4 Å². The van der Waals surface area contributed by atoms with Gasteiger partial charge in [0.15, 0.2) is 6.29 Å². The van der Waals surface area contributed by atoms with Crippen LogP contribution in [-0.2, 0) is 57.3 Å². The van der Waals surface area contributed by atoms with E-state index in [2.05, 4.69) is 47.5 Å². The van der Waals surface area contributed by atoms with Crippen molar-refractivity contribution >= 4 is 41.5 Å². The lowest BCUT2D eigenvalue weighted by atomic mass is 9.58. The van der Waals surface area contributed by atoms with Crippen molar-refractivity contribution in [3.63, 3.8) is 0 Å². The van der Waals surface area contributed by atoms with Gasteiger partial charge in [0.25, 0.3) is 0 Å². The first-order valence-electron chi connectivity index (χ1n) is 23.4. The monoisotopic (exact) mass is 944 g/mol. The summed E-state index contributed by atoms with van der Waals surface area (Å²) in [5, 5.41) is 51.8. The van der Waals surface area contributed by atoms with Gasteiger partial charge >= 0.3 is 11.9 Å². The quantitative estimate of drug-likeness (QED) is 0.0302. The first-order valence-corrected chi connectivity index (χ1v) is 23.4. The van der Waals surface area contributed by atoms with Crippen molar-refractivity contribution in [2.75, 3.05) is 60.3 Å². The summed E-state index contributed by atoms with van der Waals surface area (Å²) in [5.74, 6) is -4.14. The van der Waals surface area contributed by atoms with Gasteiger partial charge in [-0.1, -0.05) is 20.8 Å². The Morgan fingerprint density at radius 2 is 1.36 bits per heavy atom. The fourth-order valence-corrected chi connectivity index (χ4v) is 10.1. The van der Waals surface area contributed by atoms with E-state index in [4.69, 9.17) is 23.8 Å². The lowest BCUT2D eigenvalue weighted by Crippen LogP contribution is -2.47. The van der Waals surface area contributed by atoms with Crippen molar-refractivity contribution in [2.24, 2.45) is 34.5 Å². The van der Waals surface area contributed by atoms with Crippen molar-refractivity contribution in [2.45, 2.75) is 148 Å². The fraction of sp³-hybridized carbons (Fsp3) is 0.844. The number of ether oxygens (including phenoxy) is 4. The van der Waals surface area contributed by atoms with Gasteiger partial charge in [0.1, 0.15) is 12.6 Å². The van der Waals surface area contributed by atoms with Gasteiger partial charge in [-0.2, -0.15) is 0 Å². The average molecular weight is 944 g/mol. The summed E-state index contributed by atoms with van der Waals surface area (Å²) in [4.78, 5) is 89.9. The number of amides is 5. The Hall–Kier alpha value is -3.99. The van der Waals surface area contributed by atoms with E-state index >= 15 is 0 Å². The van der Waals surface area contributed by atoms with E-state index in [0.29, 0.717) is 38.5 Å². The molecular weight excluding hydrogens is 867 g/mol. The SMILES string of the molecule is COC(CNC(=O)CNC(=O)CCC(NC(=O)COCCOCCNC(=O)CCC(=O)NOC1CCC2(C)CCC(O)C3(C)C(CCC3C(C)CCC(=O)O)CC(O)CC2C1)C(=O)O)OC. The summed E-state index contributed by atoms with van der Waals surface area (Å²) < 4.78 is 20.5. The van der Waals surface area contributed by atoms with Gasteiger partial charge in [0.05, 0.1) is 51.2 Å². The number of nitrogens with one attached hydrogen (secondary N) is 5.